The van der Waals surface area contributed by atoms with Crippen LogP contribution in [0.5, 0.6) is 0 Å². The van der Waals surface area contributed by atoms with Crippen LogP contribution in [0.2, 0.25) is 0 Å². The lowest BCUT2D eigenvalue weighted by atomic mass is 9.64. The Morgan fingerprint density at radius 2 is 1.59 bits per heavy atom. The third-order valence-electron chi connectivity index (χ3n) is 5.06. The summed E-state index contributed by atoms with van der Waals surface area (Å²) < 4.78 is 5.05. The molecule has 2 aromatic carbocycles. The van der Waals surface area contributed by atoms with Gasteiger partial charge in [0.05, 0.1) is 5.56 Å². The third-order valence-corrected chi connectivity index (χ3v) is 5.06. The minimum absolute atomic E-state index is 0.0223. The number of esters is 1. The summed E-state index contributed by atoms with van der Waals surface area (Å²) in [7, 11) is 0. The van der Waals surface area contributed by atoms with E-state index in [0.29, 0.717) is 12.1 Å². The van der Waals surface area contributed by atoms with Gasteiger partial charge in [-0.05, 0) is 42.7 Å². The van der Waals surface area contributed by atoms with Gasteiger partial charge in [0, 0.05) is 17.5 Å². The lowest BCUT2D eigenvalue weighted by Gasteiger charge is -2.42. The van der Waals surface area contributed by atoms with Gasteiger partial charge in [-0.2, -0.15) is 0 Å². The quantitative estimate of drug-likeness (QED) is 0.734. The van der Waals surface area contributed by atoms with E-state index in [-0.39, 0.29) is 23.5 Å². The van der Waals surface area contributed by atoms with Gasteiger partial charge in [0.25, 0.3) is 5.91 Å². The number of ether oxygens (including phenoxy) is 1. The molecule has 3 N–H and O–H groups in total. The number of nitrogens with two attached hydrogens (primary N) is 1. The van der Waals surface area contributed by atoms with Crippen LogP contribution in [0.15, 0.2) is 54.6 Å². The van der Waals surface area contributed by atoms with Crippen LogP contribution in [0.3, 0.4) is 0 Å². The Balaban J connectivity index is 1.49. The first kappa shape index (κ1) is 18.6. The zero-order valence-corrected chi connectivity index (χ0v) is 14.9. The zero-order chi connectivity index (χ0) is 19.3. The van der Waals surface area contributed by atoms with E-state index in [4.69, 9.17) is 10.5 Å². The molecule has 0 heterocycles. The molecule has 0 bridgehead atoms. The van der Waals surface area contributed by atoms with Gasteiger partial charge in [-0.15, -0.1) is 0 Å². The second kappa shape index (κ2) is 8.03. The fraction of sp³-hybridized carbons (Fsp3) is 0.286. The summed E-state index contributed by atoms with van der Waals surface area (Å²) in [4.78, 5) is 35.1. The van der Waals surface area contributed by atoms with Crippen molar-refractivity contribution < 1.29 is 19.1 Å². The molecule has 0 atom stereocenters. The van der Waals surface area contributed by atoms with Crippen molar-refractivity contribution in [3.63, 3.8) is 0 Å². The molecule has 140 valence electrons. The monoisotopic (exact) mass is 366 g/mol. The molecular weight excluding hydrogens is 344 g/mol. The summed E-state index contributed by atoms with van der Waals surface area (Å²) in [6.45, 7) is 0.183. The first-order valence-corrected chi connectivity index (χ1v) is 8.89. The van der Waals surface area contributed by atoms with E-state index in [1.807, 2.05) is 18.2 Å². The molecule has 0 aliphatic heterocycles. The Hall–Kier alpha value is -3.15. The average Bonchev–Trinajstić information content (AvgIpc) is 2.66. The Bertz CT molecular complexity index is 827. The summed E-state index contributed by atoms with van der Waals surface area (Å²) in [6.07, 6.45) is 3.20. The van der Waals surface area contributed by atoms with Crippen molar-refractivity contribution in [2.24, 2.45) is 5.73 Å². The standard InChI is InChI=1S/C21H22N2O4/c22-19(25)15-7-9-16(10-8-15)20(26)27-13-18(24)23-14-21(11-4-12-21)17-5-2-1-3-6-17/h1-3,5-10H,4,11-14H2,(H2,22,25)(H,23,24). The minimum atomic E-state index is -0.623. The van der Waals surface area contributed by atoms with E-state index < -0.39 is 11.9 Å². The summed E-state index contributed by atoms with van der Waals surface area (Å²) in [6, 6.07) is 15.9. The SMILES string of the molecule is NC(=O)c1ccc(C(=O)OCC(=O)NCC2(c3ccccc3)CCC2)cc1. The van der Waals surface area contributed by atoms with Crippen LogP contribution in [0, 0.1) is 0 Å². The summed E-state index contributed by atoms with van der Waals surface area (Å²) in [5.74, 6) is -1.53. The molecule has 6 nitrogen and oxygen atoms in total. The molecule has 0 radical (unpaired) electrons. The molecule has 27 heavy (non-hydrogen) atoms. The second-order valence-corrected chi connectivity index (χ2v) is 6.79. The maximum absolute atomic E-state index is 12.1. The van der Waals surface area contributed by atoms with Gasteiger partial charge in [-0.25, -0.2) is 4.79 Å². The first-order chi connectivity index (χ1) is 13.0. The molecule has 0 spiro atoms. The van der Waals surface area contributed by atoms with Crippen molar-refractivity contribution in [2.45, 2.75) is 24.7 Å². The van der Waals surface area contributed by atoms with Crippen molar-refractivity contribution in [3.8, 4) is 0 Å². The van der Waals surface area contributed by atoms with E-state index in [0.717, 1.165) is 19.3 Å². The molecule has 1 fully saturated rings. The molecule has 6 heteroatoms. The Labute approximate surface area is 157 Å². The number of hydrogen-bond acceptors (Lipinski definition) is 4. The molecule has 0 saturated heterocycles. The highest BCUT2D eigenvalue weighted by atomic mass is 16.5. The van der Waals surface area contributed by atoms with Crippen LogP contribution >= 0.6 is 0 Å². The van der Waals surface area contributed by atoms with Crippen molar-refractivity contribution in [2.75, 3.05) is 13.2 Å². The van der Waals surface area contributed by atoms with Crippen molar-refractivity contribution >= 4 is 17.8 Å². The van der Waals surface area contributed by atoms with Gasteiger partial charge in [0.1, 0.15) is 0 Å². The summed E-state index contributed by atoms with van der Waals surface area (Å²) in [5.41, 5.74) is 6.92. The molecule has 3 rings (SSSR count). The zero-order valence-electron chi connectivity index (χ0n) is 14.9. The molecule has 1 aliphatic rings. The number of benzene rings is 2. The van der Waals surface area contributed by atoms with Gasteiger partial charge in [-0.3, -0.25) is 9.59 Å². The Morgan fingerprint density at radius 1 is 0.963 bits per heavy atom. The number of amides is 2. The maximum atomic E-state index is 12.1. The predicted octanol–water partition coefficient (Wildman–Crippen LogP) is 2.18. The van der Waals surface area contributed by atoms with E-state index in [9.17, 15) is 14.4 Å². The van der Waals surface area contributed by atoms with Gasteiger partial charge in [0.2, 0.25) is 5.91 Å². The van der Waals surface area contributed by atoms with Crippen LogP contribution in [-0.2, 0) is 14.9 Å². The smallest absolute Gasteiger partial charge is 0.338 e. The van der Waals surface area contributed by atoms with E-state index in [2.05, 4.69) is 17.4 Å². The minimum Gasteiger partial charge on any atom is -0.452 e. The van der Waals surface area contributed by atoms with Gasteiger partial charge in [0.15, 0.2) is 6.61 Å². The molecule has 0 unspecified atom stereocenters. The topological polar surface area (TPSA) is 98.5 Å². The van der Waals surface area contributed by atoms with Gasteiger partial charge < -0.3 is 15.8 Å². The van der Waals surface area contributed by atoms with E-state index >= 15 is 0 Å². The number of hydrogen-bond donors (Lipinski definition) is 2. The third kappa shape index (κ3) is 4.34. The summed E-state index contributed by atoms with van der Waals surface area (Å²) in [5, 5.41) is 2.88. The Morgan fingerprint density at radius 3 is 2.15 bits per heavy atom. The first-order valence-electron chi connectivity index (χ1n) is 8.89. The normalized spacial score (nSPS) is 14.7. The largest absolute Gasteiger partial charge is 0.452 e. The van der Waals surface area contributed by atoms with Gasteiger partial charge in [-0.1, -0.05) is 36.8 Å². The predicted molar refractivity (Wildman–Crippen MR) is 100 cm³/mol. The van der Waals surface area contributed by atoms with Crippen LogP contribution < -0.4 is 11.1 Å². The number of primary amides is 1. The fourth-order valence-electron chi connectivity index (χ4n) is 3.27. The maximum Gasteiger partial charge on any atom is 0.338 e. The highest BCUT2D eigenvalue weighted by Crippen LogP contribution is 2.43. The molecule has 1 aliphatic carbocycles. The molecule has 2 amide bonds. The number of rotatable bonds is 7. The van der Waals surface area contributed by atoms with Crippen molar-refractivity contribution in [1.82, 2.24) is 5.32 Å². The highest BCUT2D eigenvalue weighted by molar-refractivity contribution is 5.95. The lowest BCUT2D eigenvalue weighted by Crippen LogP contribution is -2.46. The van der Waals surface area contributed by atoms with Gasteiger partial charge >= 0.3 is 5.97 Å². The highest BCUT2D eigenvalue weighted by Gasteiger charge is 2.38. The number of carbonyl (C=O) groups is 3. The van der Waals surface area contributed by atoms with E-state index in [1.54, 1.807) is 0 Å². The molecule has 0 aromatic heterocycles. The molecule has 1 saturated carbocycles. The molecule has 2 aromatic rings. The number of carbonyl (C=O) groups excluding carboxylic acids is 3. The fourth-order valence-corrected chi connectivity index (χ4v) is 3.27. The van der Waals surface area contributed by atoms with Crippen LogP contribution in [0.1, 0.15) is 45.5 Å². The lowest BCUT2D eigenvalue weighted by molar-refractivity contribution is -0.124. The average molecular weight is 366 g/mol. The second-order valence-electron chi connectivity index (χ2n) is 6.79. The van der Waals surface area contributed by atoms with Crippen LogP contribution in [0.25, 0.3) is 0 Å². The number of nitrogens with one attached hydrogen (secondary N) is 1. The van der Waals surface area contributed by atoms with Crippen molar-refractivity contribution in [1.29, 1.82) is 0 Å². The van der Waals surface area contributed by atoms with Crippen molar-refractivity contribution in [3.05, 3.63) is 71.3 Å². The van der Waals surface area contributed by atoms with Crippen LogP contribution in [0.4, 0.5) is 0 Å². The summed E-state index contributed by atoms with van der Waals surface area (Å²) >= 11 is 0. The van der Waals surface area contributed by atoms with Crippen LogP contribution in [-0.4, -0.2) is 30.9 Å². The Kier molecular flexibility index (Phi) is 5.54. The van der Waals surface area contributed by atoms with E-state index in [1.165, 1.54) is 29.8 Å². The molecular formula is C21H22N2O4.